The van der Waals surface area contributed by atoms with Gasteiger partial charge in [0.25, 0.3) is 0 Å². The van der Waals surface area contributed by atoms with E-state index in [0.717, 1.165) is 27.4 Å². The highest BCUT2D eigenvalue weighted by molar-refractivity contribution is 7.13. The van der Waals surface area contributed by atoms with Crippen molar-refractivity contribution in [3.05, 3.63) is 48.3 Å². The van der Waals surface area contributed by atoms with Gasteiger partial charge in [-0.05, 0) is 23.6 Å². The molecule has 0 spiro atoms. The third-order valence-electron chi connectivity index (χ3n) is 2.99. The van der Waals surface area contributed by atoms with Crippen LogP contribution in [0.3, 0.4) is 0 Å². The fourth-order valence-corrected chi connectivity index (χ4v) is 2.89. The molecule has 4 heterocycles. The van der Waals surface area contributed by atoms with E-state index in [1.165, 1.54) is 0 Å². The zero-order valence-corrected chi connectivity index (χ0v) is 11.1. The molecular formula is C14H9N4OS. The van der Waals surface area contributed by atoms with Crippen LogP contribution in [0.1, 0.15) is 0 Å². The SMILES string of the molecule is [c]1oc(-c2cc[nH]n2)c(-c2cccs2)c1-c1cc[nH]n1. The van der Waals surface area contributed by atoms with Gasteiger partial charge in [-0.2, -0.15) is 10.2 Å². The Balaban J connectivity index is 1.98. The molecular weight excluding hydrogens is 272 g/mol. The van der Waals surface area contributed by atoms with E-state index in [1.54, 1.807) is 23.7 Å². The number of nitrogens with one attached hydrogen (secondary N) is 2. The minimum Gasteiger partial charge on any atom is -0.450 e. The van der Waals surface area contributed by atoms with E-state index in [0.29, 0.717) is 5.76 Å². The van der Waals surface area contributed by atoms with Gasteiger partial charge in [-0.15, -0.1) is 11.3 Å². The summed E-state index contributed by atoms with van der Waals surface area (Å²) in [4.78, 5) is 1.10. The zero-order valence-electron chi connectivity index (χ0n) is 10.3. The van der Waals surface area contributed by atoms with Crippen LogP contribution >= 0.6 is 11.3 Å². The summed E-state index contributed by atoms with van der Waals surface area (Å²) in [5.74, 6) is 0.701. The van der Waals surface area contributed by atoms with E-state index in [1.807, 2.05) is 23.6 Å². The van der Waals surface area contributed by atoms with Crippen molar-refractivity contribution < 1.29 is 4.42 Å². The number of nitrogens with zero attached hydrogens (tertiary/aromatic N) is 2. The monoisotopic (exact) mass is 281 g/mol. The van der Waals surface area contributed by atoms with E-state index in [-0.39, 0.29) is 0 Å². The van der Waals surface area contributed by atoms with Gasteiger partial charge in [0.2, 0.25) is 0 Å². The molecule has 0 saturated heterocycles. The normalized spacial score (nSPS) is 11.0. The molecule has 0 amide bonds. The summed E-state index contributed by atoms with van der Waals surface area (Å²) in [6.07, 6.45) is 6.50. The highest BCUT2D eigenvalue weighted by Crippen LogP contribution is 2.41. The fraction of sp³-hybridized carbons (Fsp3) is 0. The van der Waals surface area contributed by atoms with Crippen molar-refractivity contribution >= 4 is 11.3 Å². The van der Waals surface area contributed by atoms with Gasteiger partial charge in [-0.3, -0.25) is 10.2 Å². The maximum absolute atomic E-state index is 5.63. The average molecular weight is 281 g/mol. The van der Waals surface area contributed by atoms with Gasteiger partial charge >= 0.3 is 0 Å². The summed E-state index contributed by atoms with van der Waals surface area (Å²) in [6, 6.07) is 7.83. The Morgan fingerprint density at radius 1 is 1.05 bits per heavy atom. The van der Waals surface area contributed by atoms with Crippen LogP contribution in [0.25, 0.3) is 33.2 Å². The van der Waals surface area contributed by atoms with E-state index in [4.69, 9.17) is 4.42 Å². The van der Waals surface area contributed by atoms with Crippen LogP contribution in [0.4, 0.5) is 0 Å². The molecule has 4 rings (SSSR count). The first-order chi connectivity index (χ1) is 9.93. The molecule has 97 valence electrons. The summed E-state index contributed by atoms with van der Waals surface area (Å²) in [6.45, 7) is 0. The van der Waals surface area contributed by atoms with Gasteiger partial charge in [0.15, 0.2) is 12.0 Å². The smallest absolute Gasteiger partial charge is 0.181 e. The van der Waals surface area contributed by atoms with Crippen molar-refractivity contribution in [3.8, 4) is 33.2 Å². The number of aromatic amines is 2. The molecule has 0 aliphatic carbocycles. The van der Waals surface area contributed by atoms with Gasteiger partial charge in [-0.1, -0.05) is 6.07 Å². The molecule has 1 radical (unpaired) electrons. The third kappa shape index (κ3) is 1.70. The van der Waals surface area contributed by atoms with E-state index in [2.05, 4.69) is 32.7 Å². The average Bonchev–Trinajstić information content (AvgIpc) is 3.23. The second-order valence-electron chi connectivity index (χ2n) is 4.18. The molecule has 0 unspecified atom stereocenters. The van der Waals surface area contributed by atoms with Crippen LogP contribution < -0.4 is 0 Å². The predicted octanol–water partition coefficient (Wildman–Crippen LogP) is 3.59. The minimum atomic E-state index is 0.701. The molecule has 4 aromatic heterocycles. The molecule has 0 fully saturated rings. The van der Waals surface area contributed by atoms with Crippen molar-refractivity contribution in [3.63, 3.8) is 0 Å². The van der Waals surface area contributed by atoms with Gasteiger partial charge in [0.05, 0.1) is 16.8 Å². The van der Waals surface area contributed by atoms with E-state index < -0.39 is 0 Å². The van der Waals surface area contributed by atoms with Crippen molar-refractivity contribution in [2.24, 2.45) is 0 Å². The molecule has 0 atom stereocenters. The molecule has 0 aliphatic rings. The van der Waals surface area contributed by atoms with Gasteiger partial charge in [0.1, 0.15) is 5.69 Å². The van der Waals surface area contributed by atoms with Gasteiger partial charge in [0, 0.05) is 17.3 Å². The first kappa shape index (κ1) is 11.2. The number of hydrogen-bond donors (Lipinski definition) is 2. The Bertz CT molecular complexity index is 746. The van der Waals surface area contributed by atoms with Gasteiger partial charge in [-0.25, -0.2) is 0 Å². The lowest BCUT2D eigenvalue weighted by atomic mass is 10.1. The fourth-order valence-electron chi connectivity index (χ4n) is 2.12. The Morgan fingerprint density at radius 3 is 2.50 bits per heavy atom. The lowest BCUT2D eigenvalue weighted by molar-refractivity contribution is 0.572. The predicted molar refractivity (Wildman–Crippen MR) is 76.0 cm³/mol. The lowest BCUT2D eigenvalue weighted by Gasteiger charge is -2.00. The number of furan rings is 1. The maximum Gasteiger partial charge on any atom is 0.181 e. The first-order valence-corrected chi connectivity index (χ1v) is 6.90. The van der Waals surface area contributed by atoms with Crippen LogP contribution in [0.15, 0.2) is 46.5 Å². The molecule has 0 bridgehead atoms. The number of aromatic nitrogens is 4. The third-order valence-corrected chi connectivity index (χ3v) is 3.88. The topological polar surface area (TPSA) is 70.5 Å². The van der Waals surface area contributed by atoms with Crippen molar-refractivity contribution in [1.82, 2.24) is 20.4 Å². The Labute approximate surface area is 118 Å². The Morgan fingerprint density at radius 2 is 1.85 bits per heavy atom. The molecule has 2 N–H and O–H groups in total. The van der Waals surface area contributed by atoms with Crippen molar-refractivity contribution in [2.45, 2.75) is 0 Å². The van der Waals surface area contributed by atoms with E-state index in [9.17, 15) is 0 Å². The van der Waals surface area contributed by atoms with Crippen LogP contribution in [-0.4, -0.2) is 20.4 Å². The van der Waals surface area contributed by atoms with Crippen LogP contribution in [0, 0.1) is 6.26 Å². The van der Waals surface area contributed by atoms with Crippen molar-refractivity contribution in [2.75, 3.05) is 0 Å². The molecule has 5 nitrogen and oxygen atoms in total. The molecule has 20 heavy (non-hydrogen) atoms. The van der Waals surface area contributed by atoms with Crippen LogP contribution in [0.5, 0.6) is 0 Å². The molecule has 6 heteroatoms. The van der Waals surface area contributed by atoms with Gasteiger partial charge < -0.3 is 4.42 Å². The summed E-state index contributed by atoms with van der Waals surface area (Å²) in [7, 11) is 0. The van der Waals surface area contributed by atoms with Crippen LogP contribution in [0.2, 0.25) is 0 Å². The van der Waals surface area contributed by atoms with Crippen molar-refractivity contribution in [1.29, 1.82) is 0 Å². The molecule has 0 saturated carbocycles. The summed E-state index contributed by atoms with van der Waals surface area (Å²) in [5.41, 5.74) is 3.37. The Kier molecular flexibility index (Phi) is 2.53. The summed E-state index contributed by atoms with van der Waals surface area (Å²) >= 11 is 1.65. The zero-order chi connectivity index (χ0) is 13.4. The largest absolute Gasteiger partial charge is 0.450 e. The van der Waals surface area contributed by atoms with Crippen LogP contribution in [-0.2, 0) is 0 Å². The quantitative estimate of drug-likeness (QED) is 0.603. The van der Waals surface area contributed by atoms with E-state index >= 15 is 0 Å². The maximum atomic E-state index is 5.63. The minimum absolute atomic E-state index is 0.701. The highest BCUT2D eigenvalue weighted by Gasteiger charge is 2.21. The second-order valence-corrected chi connectivity index (χ2v) is 5.13. The number of thiophene rings is 1. The molecule has 0 aromatic carbocycles. The highest BCUT2D eigenvalue weighted by atomic mass is 32.1. The summed E-state index contributed by atoms with van der Waals surface area (Å²) < 4.78 is 5.63. The number of hydrogen-bond acceptors (Lipinski definition) is 4. The summed E-state index contributed by atoms with van der Waals surface area (Å²) in [5, 5.41) is 16.1. The first-order valence-electron chi connectivity index (χ1n) is 6.02. The second kappa shape index (κ2) is 4.50. The standard InChI is InChI=1S/C14H9N4OS/c1-2-12(20-7-1)13-9(10-3-5-15-17-10)8-19-14(13)11-4-6-16-18-11/h1-7H,(H,15,17)(H,16,18). The molecule has 0 aliphatic heterocycles. The molecule has 4 aromatic rings. The number of rotatable bonds is 3. The Hall–Kier alpha value is -2.60. The lowest BCUT2D eigenvalue weighted by Crippen LogP contribution is -1.82. The number of H-pyrrole nitrogens is 2.